The molecule has 0 aliphatic rings. The summed E-state index contributed by atoms with van der Waals surface area (Å²) in [5.41, 5.74) is -0.369. The van der Waals surface area contributed by atoms with Gasteiger partial charge in [-0.25, -0.2) is 0 Å². The molecule has 0 aliphatic carbocycles. The smallest absolute Gasteiger partial charge is 0.286 e. The van der Waals surface area contributed by atoms with Crippen molar-refractivity contribution in [1.82, 2.24) is 10.6 Å². The topological polar surface area (TPSA) is 103 Å². The monoisotopic (exact) mass is 311 g/mol. The molecule has 0 saturated heterocycles. The number of amides is 1. The molecule has 0 saturated carbocycles. The number of rotatable bonds is 9. The van der Waals surface area contributed by atoms with Crippen LogP contribution in [0.15, 0.2) is 12.1 Å². The summed E-state index contributed by atoms with van der Waals surface area (Å²) in [5, 5.41) is 16.8. The van der Waals surface area contributed by atoms with Crippen molar-refractivity contribution >= 4 is 11.6 Å². The lowest BCUT2D eigenvalue weighted by Gasteiger charge is -2.12. The van der Waals surface area contributed by atoms with Gasteiger partial charge >= 0.3 is 0 Å². The number of nitro groups is 1. The van der Waals surface area contributed by atoms with Gasteiger partial charge in [0.05, 0.1) is 24.7 Å². The van der Waals surface area contributed by atoms with E-state index >= 15 is 0 Å². The largest absolute Gasteiger partial charge is 0.493 e. The number of hydrogen-bond acceptors (Lipinski definition) is 6. The van der Waals surface area contributed by atoms with Gasteiger partial charge in [0.25, 0.3) is 11.6 Å². The molecule has 1 amide bonds. The summed E-state index contributed by atoms with van der Waals surface area (Å²) < 4.78 is 10.4. The van der Waals surface area contributed by atoms with Gasteiger partial charge < -0.3 is 20.1 Å². The maximum absolute atomic E-state index is 12.1. The fraction of sp³-hybridized carbons (Fsp3) is 0.500. The van der Waals surface area contributed by atoms with Gasteiger partial charge in [0.2, 0.25) is 0 Å². The van der Waals surface area contributed by atoms with E-state index in [4.69, 9.17) is 9.47 Å². The van der Waals surface area contributed by atoms with Crippen LogP contribution in [-0.4, -0.2) is 44.2 Å². The van der Waals surface area contributed by atoms with E-state index in [0.29, 0.717) is 25.4 Å². The summed E-state index contributed by atoms with van der Waals surface area (Å²) in [4.78, 5) is 22.7. The third-order valence-electron chi connectivity index (χ3n) is 2.86. The molecule has 2 N–H and O–H groups in total. The van der Waals surface area contributed by atoms with Gasteiger partial charge in [-0.1, -0.05) is 6.92 Å². The Bertz CT molecular complexity index is 533. The number of carbonyl (C=O) groups is 1. The molecule has 0 bridgehead atoms. The first-order valence-electron chi connectivity index (χ1n) is 7.03. The number of nitrogens with one attached hydrogen (secondary N) is 2. The Hall–Kier alpha value is -2.35. The van der Waals surface area contributed by atoms with Gasteiger partial charge in [-0.3, -0.25) is 14.9 Å². The number of benzene rings is 1. The second kappa shape index (κ2) is 8.83. The van der Waals surface area contributed by atoms with Gasteiger partial charge in [-0.05, 0) is 13.5 Å². The zero-order valence-electron chi connectivity index (χ0n) is 13.0. The van der Waals surface area contributed by atoms with Gasteiger partial charge in [-0.2, -0.15) is 0 Å². The van der Waals surface area contributed by atoms with Crippen molar-refractivity contribution in [2.75, 3.05) is 33.4 Å². The molecule has 0 unspecified atom stereocenters. The number of ether oxygens (including phenoxy) is 2. The van der Waals surface area contributed by atoms with E-state index < -0.39 is 10.8 Å². The molecule has 1 aromatic rings. The molecular weight excluding hydrogens is 290 g/mol. The van der Waals surface area contributed by atoms with E-state index in [1.54, 1.807) is 6.92 Å². The number of methoxy groups -OCH3 is 1. The Kier molecular flexibility index (Phi) is 7.11. The Morgan fingerprint density at radius 1 is 1.27 bits per heavy atom. The Morgan fingerprint density at radius 2 is 2.00 bits per heavy atom. The van der Waals surface area contributed by atoms with Crippen molar-refractivity contribution in [3.8, 4) is 11.5 Å². The summed E-state index contributed by atoms with van der Waals surface area (Å²) in [5.74, 6) is -0.00149. The molecule has 22 heavy (non-hydrogen) atoms. The average molecular weight is 311 g/mol. The number of carbonyl (C=O) groups excluding carboxylic acids is 1. The van der Waals surface area contributed by atoms with E-state index in [2.05, 4.69) is 10.6 Å². The number of hydrogen-bond donors (Lipinski definition) is 2. The van der Waals surface area contributed by atoms with Crippen LogP contribution in [0.1, 0.15) is 24.2 Å². The molecule has 0 atom stereocenters. The lowest BCUT2D eigenvalue weighted by molar-refractivity contribution is -0.385. The maximum Gasteiger partial charge on any atom is 0.286 e. The lowest BCUT2D eigenvalue weighted by atomic mass is 10.1. The number of nitro benzene ring substituents is 1. The molecule has 0 aromatic heterocycles. The van der Waals surface area contributed by atoms with Crippen molar-refractivity contribution in [2.45, 2.75) is 13.8 Å². The van der Waals surface area contributed by atoms with Crippen LogP contribution in [0.25, 0.3) is 0 Å². The van der Waals surface area contributed by atoms with Crippen LogP contribution >= 0.6 is 0 Å². The third-order valence-corrected chi connectivity index (χ3v) is 2.86. The standard InChI is InChI=1S/C14H21N3O5/c1-4-15-6-7-16-14(18)10-8-13(22-5-2)12(21-3)9-11(10)17(19)20/h8-9,15H,4-7H2,1-3H3,(H,16,18). The molecular formula is C14H21N3O5. The highest BCUT2D eigenvalue weighted by molar-refractivity contribution is 5.99. The fourth-order valence-corrected chi connectivity index (χ4v) is 1.85. The van der Waals surface area contributed by atoms with Gasteiger partial charge in [-0.15, -0.1) is 0 Å². The molecule has 8 nitrogen and oxygen atoms in total. The van der Waals surface area contributed by atoms with Crippen molar-refractivity contribution in [3.05, 3.63) is 27.8 Å². The average Bonchev–Trinajstić information content (AvgIpc) is 2.51. The Balaban J connectivity index is 3.06. The number of nitrogens with zero attached hydrogens (tertiary/aromatic N) is 1. The van der Waals surface area contributed by atoms with Gasteiger partial charge in [0.1, 0.15) is 5.56 Å². The number of likely N-dealkylation sites (N-methyl/N-ethyl adjacent to an activating group) is 1. The SMILES string of the molecule is CCNCCNC(=O)c1cc(OCC)c(OC)cc1[N+](=O)[O-]. The van der Waals surface area contributed by atoms with Crippen molar-refractivity contribution in [1.29, 1.82) is 0 Å². The van der Waals surface area contributed by atoms with Gasteiger partial charge in [0.15, 0.2) is 11.5 Å². The quantitative estimate of drug-likeness (QED) is 0.405. The molecule has 0 heterocycles. The summed E-state index contributed by atoms with van der Waals surface area (Å²) in [6.45, 7) is 5.83. The van der Waals surface area contributed by atoms with Crippen molar-refractivity contribution < 1.29 is 19.2 Å². The molecule has 0 aliphatic heterocycles. The molecule has 0 fully saturated rings. The molecule has 0 spiro atoms. The highest BCUT2D eigenvalue weighted by Crippen LogP contribution is 2.34. The predicted molar refractivity (Wildman–Crippen MR) is 81.7 cm³/mol. The van der Waals surface area contributed by atoms with Crippen LogP contribution in [0.2, 0.25) is 0 Å². The van der Waals surface area contributed by atoms with E-state index in [1.807, 2.05) is 6.92 Å². The normalized spacial score (nSPS) is 10.1. The van der Waals surface area contributed by atoms with Crippen LogP contribution in [-0.2, 0) is 0 Å². The first-order chi connectivity index (χ1) is 10.5. The highest BCUT2D eigenvalue weighted by Gasteiger charge is 2.24. The first-order valence-corrected chi connectivity index (χ1v) is 7.03. The molecule has 1 rings (SSSR count). The van der Waals surface area contributed by atoms with Crippen LogP contribution in [0.3, 0.4) is 0 Å². The second-order valence-corrected chi connectivity index (χ2v) is 4.32. The zero-order valence-corrected chi connectivity index (χ0v) is 13.0. The minimum atomic E-state index is -0.614. The summed E-state index contributed by atoms with van der Waals surface area (Å²) in [7, 11) is 1.39. The fourth-order valence-electron chi connectivity index (χ4n) is 1.85. The highest BCUT2D eigenvalue weighted by atomic mass is 16.6. The Morgan fingerprint density at radius 3 is 2.55 bits per heavy atom. The van der Waals surface area contributed by atoms with E-state index in [0.717, 1.165) is 6.54 Å². The minimum Gasteiger partial charge on any atom is -0.493 e. The summed E-state index contributed by atoms with van der Waals surface area (Å²) in [6, 6.07) is 2.53. The van der Waals surface area contributed by atoms with Gasteiger partial charge in [0, 0.05) is 19.2 Å². The van der Waals surface area contributed by atoms with Crippen molar-refractivity contribution in [3.63, 3.8) is 0 Å². The summed E-state index contributed by atoms with van der Waals surface area (Å²) in [6.07, 6.45) is 0. The summed E-state index contributed by atoms with van der Waals surface area (Å²) >= 11 is 0. The van der Waals surface area contributed by atoms with E-state index in [9.17, 15) is 14.9 Å². The lowest BCUT2D eigenvalue weighted by Crippen LogP contribution is -2.32. The van der Waals surface area contributed by atoms with Crippen LogP contribution < -0.4 is 20.1 Å². The molecule has 8 heteroatoms. The molecule has 122 valence electrons. The van der Waals surface area contributed by atoms with Crippen LogP contribution in [0.5, 0.6) is 11.5 Å². The van der Waals surface area contributed by atoms with E-state index in [-0.39, 0.29) is 17.0 Å². The molecule has 1 aromatic carbocycles. The maximum atomic E-state index is 12.1. The first kappa shape index (κ1) is 17.7. The zero-order chi connectivity index (χ0) is 16.5. The van der Waals surface area contributed by atoms with Crippen LogP contribution in [0, 0.1) is 10.1 Å². The second-order valence-electron chi connectivity index (χ2n) is 4.32. The minimum absolute atomic E-state index is 0.0502. The Labute approximate surface area is 128 Å². The third kappa shape index (κ3) is 4.59. The predicted octanol–water partition coefficient (Wildman–Crippen LogP) is 1.34. The van der Waals surface area contributed by atoms with Crippen LogP contribution in [0.4, 0.5) is 5.69 Å². The van der Waals surface area contributed by atoms with E-state index in [1.165, 1.54) is 19.2 Å². The van der Waals surface area contributed by atoms with Crippen molar-refractivity contribution in [2.24, 2.45) is 0 Å². The molecule has 0 radical (unpaired) electrons.